The van der Waals surface area contributed by atoms with Gasteiger partial charge in [0, 0.05) is 31.9 Å². The van der Waals surface area contributed by atoms with Crippen LogP contribution in [0.2, 0.25) is 0 Å². The molecule has 0 spiro atoms. The van der Waals surface area contributed by atoms with Crippen molar-refractivity contribution in [3.05, 3.63) is 82.7 Å². The highest BCUT2D eigenvalue weighted by atomic mass is 19.1. The molecule has 3 aromatic rings. The molecule has 1 aliphatic heterocycles. The molecular weight excluding hydrogens is 711 g/mol. The Labute approximate surface area is 312 Å². The molecule has 1 amide bonds. The van der Waals surface area contributed by atoms with Gasteiger partial charge in [-0.15, -0.1) is 5.06 Å². The number of carbonyl (C=O) groups excluding carboxylic acids is 4. The number of rotatable bonds is 15. The molecule has 1 heterocycles. The monoisotopic (exact) mass is 756 g/mol. The summed E-state index contributed by atoms with van der Waals surface area (Å²) in [6.07, 6.45) is -1.11. The molecule has 3 aromatic carbocycles. The Bertz CT molecular complexity index is 1780. The molecule has 1 N–H and O–H groups in total. The number of esters is 1. The predicted octanol–water partition coefficient (Wildman–Crippen LogP) is 5.33. The first kappa shape index (κ1) is 41.3. The lowest BCUT2D eigenvalue weighted by Crippen LogP contribution is -2.50. The van der Waals surface area contributed by atoms with Crippen LogP contribution in [0.4, 0.5) is 9.18 Å². The second-order valence-corrected chi connectivity index (χ2v) is 12.9. The molecule has 1 saturated heterocycles. The molecule has 2 atom stereocenters. The summed E-state index contributed by atoms with van der Waals surface area (Å²) in [6.45, 7) is 5.04. The van der Waals surface area contributed by atoms with Crippen LogP contribution in [-0.2, 0) is 23.8 Å². The van der Waals surface area contributed by atoms with E-state index >= 15 is 4.39 Å². The maximum absolute atomic E-state index is 15.3. The molecule has 1 aliphatic rings. The highest BCUT2D eigenvalue weighted by Gasteiger charge is 2.34. The summed E-state index contributed by atoms with van der Waals surface area (Å²) in [7, 11) is 5.55. The number of amides is 1. The molecular formula is C38H45FN2O13. The molecule has 16 heteroatoms. The van der Waals surface area contributed by atoms with Gasteiger partial charge in [-0.2, -0.15) is 0 Å². The summed E-state index contributed by atoms with van der Waals surface area (Å²) < 4.78 is 57.7. The molecule has 15 nitrogen and oxygen atoms in total. The molecule has 0 aliphatic carbocycles. The lowest BCUT2D eigenvalue weighted by molar-refractivity contribution is -0.144. The number of ketones is 1. The van der Waals surface area contributed by atoms with Crippen molar-refractivity contribution >= 4 is 23.8 Å². The maximum atomic E-state index is 15.3. The van der Waals surface area contributed by atoms with Crippen molar-refractivity contribution < 1.29 is 66.3 Å². The molecule has 0 unspecified atom stereocenters. The minimum Gasteiger partial charge on any atom is -0.494 e. The molecule has 0 saturated carbocycles. The van der Waals surface area contributed by atoms with Crippen molar-refractivity contribution in [1.29, 1.82) is 0 Å². The smallest absolute Gasteiger partial charge is 0.494 e. The number of nitrogens with zero attached hydrogens (tertiary/aromatic N) is 1. The van der Waals surface area contributed by atoms with Gasteiger partial charge in [0.15, 0.2) is 42.4 Å². The highest BCUT2D eigenvalue weighted by molar-refractivity contribution is 6.11. The zero-order chi connectivity index (χ0) is 39.4. The van der Waals surface area contributed by atoms with Gasteiger partial charge in [0.1, 0.15) is 23.0 Å². The molecule has 0 radical (unpaired) electrons. The van der Waals surface area contributed by atoms with Crippen molar-refractivity contribution in [2.24, 2.45) is 0 Å². The molecule has 292 valence electrons. The van der Waals surface area contributed by atoms with Crippen LogP contribution in [0.25, 0.3) is 0 Å². The van der Waals surface area contributed by atoms with E-state index in [1.54, 1.807) is 26.8 Å². The van der Waals surface area contributed by atoms with Crippen LogP contribution in [0.1, 0.15) is 70.3 Å². The van der Waals surface area contributed by atoms with E-state index in [9.17, 15) is 19.2 Å². The van der Waals surface area contributed by atoms with Gasteiger partial charge in [-0.05, 0) is 76.1 Å². The van der Waals surface area contributed by atoms with Crippen LogP contribution in [0.5, 0.6) is 23.0 Å². The van der Waals surface area contributed by atoms with E-state index in [1.807, 2.05) is 0 Å². The van der Waals surface area contributed by atoms with Gasteiger partial charge in [-0.25, -0.2) is 14.0 Å². The SMILES string of the molecule is COCOc1ccc(C(=O)N[C@@H]2CN(OC(=O)OC(C)(C)C)CCC[C@H]2OC(=O)c2ccc(C(=O)c3c(OCOC)ccc(OC)c3F)cc2)cc1OC. The fourth-order valence-corrected chi connectivity index (χ4v) is 5.40. The molecule has 0 bridgehead atoms. The van der Waals surface area contributed by atoms with Crippen molar-refractivity contribution in [2.75, 3.05) is 55.1 Å². The zero-order valence-electron chi connectivity index (χ0n) is 31.2. The number of halogens is 1. The van der Waals surface area contributed by atoms with E-state index in [-0.39, 0.29) is 72.6 Å². The van der Waals surface area contributed by atoms with Crippen molar-refractivity contribution in [3.8, 4) is 23.0 Å². The third-order valence-electron chi connectivity index (χ3n) is 7.90. The summed E-state index contributed by atoms with van der Waals surface area (Å²) in [5.41, 5.74) is -0.818. The molecule has 54 heavy (non-hydrogen) atoms. The zero-order valence-corrected chi connectivity index (χ0v) is 31.2. The van der Waals surface area contributed by atoms with Crippen molar-refractivity contribution in [1.82, 2.24) is 10.4 Å². The summed E-state index contributed by atoms with van der Waals surface area (Å²) in [5, 5.41) is 4.25. The number of methoxy groups -OCH3 is 4. The second-order valence-electron chi connectivity index (χ2n) is 12.9. The Balaban J connectivity index is 1.56. The van der Waals surface area contributed by atoms with Crippen LogP contribution in [-0.4, -0.2) is 102 Å². The number of carbonyl (C=O) groups is 4. The second kappa shape index (κ2) is 19.0. The van der Waals surface area contributed by atoms with E-state index in [2.05, 4.69) is 5.32 Å². The minimum absolute atomic E-state index is 0.0326. The van der Waals surface area contributed by atoms with Crippen LogP contribution in [0.15, 0.2) is 54.6 Å². The largest absolute Gasteiger partial charge is 0.528 e. The van der Waals surface area contributed by atoms with E-state index < -0.39 is 47.4 Å². The van der Waals surface area contributed by atoms with Gasteiger partial charge in [0.05, 0.1) is 32.4 Å². The molecule has 0 aromatic heterocycles. The first-order valence-electron chi connectivity index (χ1n) is 16.9. The minimum atomic E-state index is -0.930. The van der Waals surface area contributed by atoms with Gasteiger partial charge in [0.25, 0.3) is 5.91 Å². The first-order chi connectivity index (χ1) is 25.8. The summed E-state index contributed by atoms with van der Waals surface area (Å²) in [4.78, 5) is 58.6. The first-order valence-corrected chi connectivity index (χ1v) is 16.9. The Morgan fingerprint density at radius 2 is 1.39 bits per heavy atom. The van der Waals surface area contributed by atoms with E-state index in [4.69, 9.17) is 42.7 Å². The number of hydrogen-bond acceptors (Lipinski definition) is 14. The Morgan fingerprint density at radius 1 is 0.796 bits per heavy atom. The Morgan fingerprint density at radius 3 is 2.02 bits per heavy atom. The number of benzene rings is 3. The summed E-state index contributed by atoms with van der Waals surface area (Å²) in [5.74, 6) is -2.48. The fraction of sp³-hybridized carbons (Fsp3) is 0.421. The quantitative estimate of drug-likeness (QED) is 0.120. The lowest BCUT2D eigenvalue weighted by atomic mass is 10.00. The number of ether oxygens (including phenoxy) is 8. The average molecular weight is 757 g/mol. The van der Waals surface area contributed by atoms with Gasteiger partial charge >= 0.3 is 12.1 Å². The molecule has 1 fully saturated rings. The van der Waals surface area contributed by atoms with Gasteiger partial charge in [-0.3, -0.25) is 9.59 Å². The normalized spacial score (nSPS) is 16.0. The van der Waals surface area contributed by atoms with Crippen LogP contribution in [0, 0.1) is 5.82 Å². The fourth-order valence-electron chi connectivity index (χ4n) is 5.40. The van der Waals surface area contributed by atoms with Gasteiger partial charge in [0.2, 0.25) is 0 Å². The Kier molecular flexibility index (Phi) is 14.6. The standard InChI is InChI=1S/C38H45FN2O13/c1-38(2,3)53-37(45)54-41-18-8-9-27(26(20-41)40-35(43)25-14-15-28(50-21-46-4)31(19-25)49-7)52-36(44)24-12-10-23(11-13-24)34(42)32-29(51-22-47-5)16-17-30(48-6)33(32)39/h10-17,19,26-27H,8-9,18,20-22H2,1-7H3,(H,40,43)/t26-,27-/m1/s1. The third kappa shape index (κ3) is 11.0. The number of nitrogens with one attached hydrogen (secondary N) is 1. The lowest BCUT2D eigenvalue weighted by Gasteiger charge is -2.29. The van der Waals surface area contributed by atoms with E-state index in [0.717, 1.165) is 0 Å². The molecule has 4 rings (SSSR count). The average Bonchev–Trinajstić information content (AvgIpc) is 3.32. The topological polar surface area (TPSA) is 167 Å². The van der Waals surface area contributed by atoms with E-state index in [0.29, 0.717) is 12.2 Å². The van der Waals surface area contributed by atoms with Gasteiger partial charge < -0.3 is 48.0 Å². The van der Waals surface area contributed by atoms with Crippen LogP contribution in [0.3, 0.4) is 0 Å². The van der Waals surface area contributed by atoms with Crippen LogP contribution < -0.4 is 24.3 Å². The van der Waals surface area contributed by atoms with Crippen LogP contribution >= 0.6 is 0 Å². The van der Waals surface area contributed by atoms with E-state index in [1.165, 1.54) is 82.0 Å². The highest BCUT2D eigenvalue weighted by Crippen LogP contribution is 2.32. The number of hydroxylamine groups is 2. The Hall–Kier alpha value is -5.45. The van der Waals surface area contributed by atoms with Gasteiger partial charge in [-0.1, -0.05) is 12.1 Å². The summed E-state index contributed by atoms with van der Waals surface area (Å²) >= 11 is 0. The van der Waals surface area contributed by atoms with Crippen molar-refractivity contribution in [2.45, 2.75) is 51.4 Å². The third-order valence-corrected chi connectivity index (χ3v) is 7.90. The predicted molar refractivity (Wildman–Crippen MR) is 189 cm³/mol. The number of hydrogen-bond donors (Lipinski definition) is 1. The summed E-state index contributed by atoms with van der Waals surface area (Å²) in [6, 6.07) is 11.9. The maximum Gasteiger partial charge on any atom is 0.528 e. The van der Waals surface area contributed by atoms with Crippen molar-refractivity contribution in [3.63, 3.8) is 0 Å².